The Bertz CT molecular complexity index is 853. The van der Waals surface area contributed by atoms with Crippen LogP contribution < -0.4 is 24.6 Å². The van der Waals surface area contributed by atoms with E-state index in [1.54, 1.807) is 25.2 Å². The first-order chi connectivity index (χ1) is 13.0. The van der Waals surface area contributed by atoms with Gasteiger partial charge in [0.1, 0.15) is 24.6 Å². The summed E-state index contributed by atoms with van der Waals surface area (Å²) in [6.07, 6.45) is 0. The molecule has 0 saturated carbocycles. The monoisotopic (exact) mass is 370 g/mol. The molecule has 0 radical (unpaired) electrons. The third kappa shape index (κ3) is 4.20. The average Bonchev–Trinajstić information content (AvgIpc) is 2.67. The van der Waals surface area contributed by atoms with Crippen molar-refractivity contribution in [1.82, 2.24) is 0 Å². The van der Waals surface area contributed by atoms with E-state index < -0.39 is 0 Å². The van der Waals surface area contributed by atoms with Crippen molar-refractivity contribution in [3.8, 4) is 11.5 Å². The van der Waals surface area contributed by atoms with E-state index in [4.69, 9.17) is 9.47 Å². The summed E-state index contributed by atoms with van der Waals surface area (Å²) in [4.78, 5) is 27.3. The van der Waals surface area contributed by atoms with Crippen molar-refractivity contribution >= 4 is 23.2 Å². The first-order valence-corrected chi connectivity index (χ1v) is 8.73. The number of carbonyl (C=O) groups excluding carboxylic acids is 2. The number of benzene rings is 2. The molecule has 1 aliphatic heterocycles. The second-order valence-corrected chi connectivity index (χ2v) is 6.53. The van der Waals surface area contributed by atoms with Gasteiger partial charge < -0.3 is 19.7 Å². The highest BCUT2D eigenvalue weighted by atomic mass is 16.5. The number of rotatable bonds is 6. The number of carbonyl (C=O) groups is 2. The van der Waals surface area contributed by atoms with Crippen molar-refractivity contribution in [1.29, 1.82) is 0 Å². The molecule has 27 heavy (non-hydrogen) atoms. The molecule has 0 aliphatic carbocycles. The standard InChI is InChI=1S/C20H23N3O4/c1-22(11-14-8-9-15(26-2)10-18(14)27-3)13-20(25)23-12-19(24)21-16-6-4-5-7-17(16)23/h4-10H,11-13H2,1-3H3,(H,21,24)/p+1. The number of hydrogen-bond acceptors (Lipinski definition) is 4. The van der Waals surface area contributed by atoms with Crippen LogP contribution in [-0.2, 0) is 16.1 Å². The molecule has 142 valence electrons. The Balaban J connectivity index is 1.71. The summed E-state index contributed by atoms with van der Waals surface area (Å²) >= 11 is 0. The Labute approximate surface area is 158 Å². The van der Waals surface area contributed by atoms with E-state index >= 15 is 0 Å². The lowest BCUT2D eigenvalue weighted by Crippen LogP contribution is -3.09. The second kappa shape index (κ2) is 8.09. The third-order valence-electron chi connectivity index (χ3n) is 4.51. The third-order valence-corrected chi connectivity index (χ3v) is 4.51. The minimum Gasteiger partial charge on any atom is -0.497 e. The SMILES string of the molecule is COc1ccc(C[NH+](C)CC(=O)N2CC(=O)Nc3ccccc32)c(OC)c1. The molecule has 0 saturated heterocycles. The number of methoxy groups -OCH3 is 2. The number of ether oxygens (including phenoxy) is 2. The van der Waals surface area contributed by atoms with E-state index in [2.05, 4.69) is 5.32 Å². The second-order valence-electron chi connectivity index (χ2n) is 6.53. The molecule has 2 aromatic rings. The zero-order valence-electron chi connectivity index (χ0n) is 15.7. The number of amides is 2. The molecular weight excluding hydrogens is 346 g/mol. The lowest BCUT2D eigenvalue weighted by Gasteiger charge is -2.29. The van der Waals surface area contributed by atoms with Crippen LogP contribution in [0.4, 0.5) is 11.4 Å². The van der Waals surface area contributed by atoms with Gasteiger partial charge in [-0.05, 0) is 24.3 Å². The van der Waals surface area contributed by atoms with Crippen LogP contribution in [0.3, 0.4) is 0 Å². The van der Waals surface area contributed by atoms with Crippen LogP contribution in [-0.4, -0.2) is 46.2 Å². The zero-order valence-corrected chi connectivity index (χ0v) is 15.7. The van der Waals surface area contributed by atoms with Gasteiger partial charge in [-0.2, -0.15) is 0 Å². The minimum absolute atomic E-state index is 0.0367. The molecule has 1 aliphatic rings. The Hall–Kier alpha value is -3.06. The van der Waals surface area contributed by atoms with Crippen molar-refractivity contribution in [2.45, 2.75) is 6.54 Å². The van der Waals surface area contributed by atoms with Crippen LogP contribution in [0.15, 0.2) is 42.5 Å². The van der Waals surface area contributed by atoms with Gasteiger partial charge in [-0.3, -0.25) is 14.5 Å². The molecule has 0 spiro atoms. The Morgan fingerprint density at radius 1 is 1.19 bits per heavy atom. The molecule has 1 unspecified atom stereocenters. The van der Waals surface area contributed by atoms with Gasteiger partial charge in [-0.15, -0.1) is 0 Å². The molecule has 2 amide bonds. The summed E-state index contributed by atoms with van der Waals surface area (Å²) < 4.78 is 10.6. The Kier molecular flexibility index (Phi) is 5.61. The first-order valence-electron chi connectivity index (χ1n) is 8.73. The minimum atomic E-state index is -0.184. The molecule has 2 N–H and O–H groups in total. The van der Waals surface area contributed by atoms with Gasteiger partial charge in [0, 0.05) is 11.6 Å². The van der Waals surface area contributed by atoms with Crippen molar-refractivity contribution in [3.05, 3.63) is 48.0 Å². The number of fused-ring (bicyclic) bond motifs is 1. The van der Waals surface area contributed by atoms with Gasteiger partial charge in [0.15, 0.2) is 6.54 Å². The first kappa shape index (κ1) is 18.7. The maximum atomic E-state index is 12.8. The van der Waals surface area contributed by atoms with E-state index in [0.717, 1.165) is 27.6 Å². The number of para-hydroxylation sites is 2. The van der Waals surface area contributed by atoms with Crippen molar-refractivity contribution in [3.63, 3.8) is 0 Å². The van der Waals surface area contributed by atoms with E-state index in [1.165, 1.54) is 0 Å². The largest absolute Gasteiger partial charge is 0.497 e. The Morgan fingerprint density at radius 3 is 2.70 bits per heavy atom. The van der Waals surface area contributed by atoms with Gasteiger partial charge in [0.25, 0.3) is 5.91 Å². The van der Waals surface area contributed by atoms with Crippen LogP contribution in [0, 0.1) is 0 Å². The highest BCUT2D eigenvalue weighted by molar-refractivity contribution is 6.10. The van der Waals surface area contributed by atoms with Gasteiger partial charge in [0.2, 0.25) is 5.91 Å². The quantitative estimate of drug-likeness (QED) is 0.785. The molecule has 7 nitrogen and oxygen atoms in total. The number of hydrogen-bond donors (Lipinski definition) is 2. The van der Waals surface area contributed by atoms with E-state index in [9.17, 15) is 9.59 Å². The summed E-state index contributed by atoms with van der Waals surface area (Å²) in [6, 6.07) is 13.0. The fourth-order valence-electron chi connectivity index (χ4n) is 3.19. The topological polar surface area (TPSA) is 72.3 Å². The molecule has 0 aromatic heterocycles. The molecule has 0 fully saturated rings. The Morgan fingerprint density at radius 2 is 1.96 bits per heavy atom. The van der Waals surface area contributed by atoms with E-state index in [-0.39, 0.29) is 24.9 Å². The van der Waals surface area contributed by atoms with Crippen LogP contribution in [0.1, 0.15) is 5.56 Å². The van der Waals surface area contributed by atoms with Gasteiger partial charge in [-0.1, -0.05) is 12.1 Å². The lowest BCUT2D eigenvalue weighted by atomic mass is 10.1. The average molecular weight is 370 g/mol. The van der Waals surface area contributed by atoms with Gasteiger partial charge >= 0.3 is 0 Å². The van der Waals surface area contributed by atoms with Crippen LogP contribution in [0.2, 0.25) is 0 Å². The fourth-order valence-corrected chi connectivity index (χ4v) is 3.19. The van der Waals surface area contributed by atoms with Crippen molar-refractivity contribution in [2.24, 2.45) is 0 Å². The van der Waals surface area contributed by atoms with Crippen LogP contribution in [0.5, 0.6) is 11.5 Å². The van der Waals surface area contributed by atoms with Gasteiger partial charge in [0.05, 0.1) is 32.6 Å². The van der Waals surface area contributed by atoms with E-state index in [1.807, 2.05) is 43.4 Å². The maximum absolute atomic E-state index is 12.8. The van der Waals surface area contributed by atoms with Crippen molar-refractivity contribution < 1.29 is 24.0 Å². The van der Waals surface area contributed by atoms with Crippen molar-refractivity contribution in [2.75, 3.05) is 44.6 Å². The summed E-state index contributed by atoms with van der Waals surface area (Å²) in [5.41, 5.74) is 2.38. The van der Waals surface area contributed by atoms with Crippen LogP contribution in [0.25, 0.3) is 0 Å². The number of nitrogens with zero attached hydrogens (tertiary/aromatic N) is 1. The fraction of sp³-hybridized carbons (Fsp3) is 0.300. The number of nitrogens with one attached hydrogen (secondary N) is 2. The summed E-state index contributed by atoms with van der Waals surface area (Å²) in [5.74, 6) is 1.17. The predicted molar refractivity (Wildman–Crippen MR) is 102 cm³/mol. The predicted octanol–water partition coefficient (Wildman–Crippen LogP) is 0.704. The number of quaternary nitrogens is 1. The smallest absolute Gasteiger partial charge is 0.282 e. The molecule has 2 aromatic carbocycles. The zero-order chi connectivity index (χ0) is 19.4. The summed E-state index contributed by atoms with van der Waals surface area (Å²) in [6.45, 7) is 0.909. The molecule has 1 heterocycles. The molecule has 7 heteroatoms. The van der Waals surface area contributed by atoms with E-state index in [0.29, 0.717) is 12.2 Å². The molecular formula is C20H24N3O4+. The van der Waals surface area contributed by atoms with Gasteiger partial charge in [-0.25, -0.2) is 0 Å². The highest BCUT2D eigenvalue weighted by Gasteiger charge is 2.28. The lowest BCUT2D eigenvalue weighted by molar-refractivity contribution is -0.885. The maximum Gasteiger partial charge on any atom is 0.282 e. The molecule has 0 bridgehead atoms. The summed E-state index contributed by atoms with van der Waals surface area (Å²) in [5, 5.41) is 2.80. The van der Waals surface area contributed by atoms with Crippen LogP contribution >= 0.6 is 0 Å². The molecule has 3 rings (SSSR count). The number of anilines is 2. The summed E-state index contributed by atoms with van der Waals surface area (Å²) in [7, 11) is 5.16. The highest BCUT2D eigenvalue weighted by Crippen LogP contribution is 2.28. The number of likely N-dealkylation sites (N-methyl/N-ethyl adjacent to an activating group) is 1. The molecule has 1 atom stereocenters. The normalized spacial score (nSPS) is 14.2.